The van der Waals surface area contributed by atoms with E-state index in [2.05, 4.69) is 10.6 Å². The van der Waals surface area contributed by atoms with Gasteiger partial charge in [-0.05, 0) is 31.3 Å². The third-order valence-electron chi connectivity index (χ3n) is 1.84. The normalized spacial score (nSPS) is 22.6. The molecule has 1 heterocycles. The summed E-state index contributed by atoms with van der Waals surface area (Å²) in [6, 6.07) is 0. The Morgan fingerprint density at radius 3 is 3.18 bits per heavy atom. The quantitative estimate of drug-likeness (QED) is 0.516. The van der Waals surface area contributed by atoms with Gasteiger partial charge >= 0.3 is 0 Å². The molecule has 0 aromatic rings. The van der Waals surface area contributed by atoms with Crippen molar-refractivity contribution in [3.05, 3.63) is 0 Å². The van der Waals surface area contributed by atoms with Crippen molar-refractivity contribution in [1.82, 2.24) is 10.6 Å². The highest BCUT2D eigenvalue weighted by Gasteiger charge is 2.13. The van der Waals surface area contributed by atoms with Crippen molar-refractivity contribution in [3.63, 3.8) is 0 Å². The molecule has 1 rings (SSSR count). The van der Waals surface area contributed by atoms with E-state index >= 15 is 0 Å². The molecular formula is C8H12N2O. The Morgan fingerprint density at radius 2 is 2.64 bits per heavy atom. The maximum Gasteiger partial charge on any atom is 0.295 e. The highest BCUT2D eigenvalue weighted by Crippen LogP contribution is 2.04. The fourth-order valence-electron chi connectivity index (χ4n) is 1.18. The largest absolute Gasteiger partial charge is 0.345 e. The van der Waals surface area contributed by atoms with Gasteiger partial charge in [0, 0.05) is 6.54 Å². The molecule has 0 bridgehead atoms. The summed E-state index contributed by atoms with van der Waals surface area (Å²) in [6.07, 6.45) is 6.01. The summed E-state index contributed by atoms with van der Waals surface area (Å²) in [5, 5.41) is 5.87. The molecule has 0 aromatic heterocycles. The second kappa shape index (κ2) is 3.99. The van der Waals surface area contributed by atoms with E-state index in [0.29, 0.717) is 12.5 Å². The third kappa shape index (κ3) is 2.60. The molecule has 1 saturated heterocycles. The smallest absolute Gasteiger partial charge is 0.295 e. The average molecular weight is 152 g/mol. The number of hydrogen-bond acceptors (Lipinski definition) is 2. The summed E-state index contributed by atoms with van der Waals surface area (Å²) in [4.78, 5) is 10.6. The molecule has 0 spiro atoms. The lowest BCUT2D eigenvalue weighted by molar-refractivity contribution is -0.115. The standard InChI is InChI=1S/C8H12N2O/c1-2-8(11)10-6-7-3-4-9-5-7/h1,7,9H,3-6H2,(H,10,11). The highest BCUT2D eigenvalue weighted by molar-refractivity contribution is 5.92. The molecule has 0 saturated carbocycles. The van der Waals surface area contributed by atoms with Crippen molar-refractivity contribution in [2.24, 2.45) is 5.92 Å². The number of rotatable bonds is 2. The van der Waals surface area contributed by atoms with Gasteiger partial charge in [-0.3, -0.25) is 4.79 Å². The SMILES string of the molecule is C#CC(=O)NCC1CCNC1. The Balaban J connectivity index is 2.12. The average Bonchev–Trinajstić information content (AvgIpc) is 2.52. The van der Waals surface area contributed by atoms with Gasteiger partial charge in [-0.1, -0.05) is 0 Å². The number of carbonyl (C=O) groups is 1. The van der Waals surface area contributed by atoms with Crippen LogP contribution >= 0.6 is 0 Å². The van der Waals surface area contributed by atoms with E-state index in [9.17, 15) is 4.79 Å². The highest BCUT2D eigenvalue weighted by atomic mass is 16.1. The summed E-state index contributed by atoms with van der Waals surface area (Å²) in [5.41, 5.74) is 0. The van der Waals surface area contributed by atoms with Gasteiger partial charge in [-0.25, -0.2) is 0 Å². The first-order chi connectivity index (χ1) is 5.33. The van der Waals surface area contributed by atoms with Crippen molar-refractivity contribution in [1.29, 1.82) is 0 Å². The fourth-order valence-corrected chi connectivity index (χ4v) is 1.18. The maximum absolute atomic E-state index is 10.6. The maximum atomic E-state index is 10.6. The number of terminal acetylenes is 1. The van der Waals surface area contributed by atoms with Crippen LogP contribution in [0.1, 0.15) is 6.42 Å². The first-order valence-corrected chi connectivity index (χ1v) is 3.78. The molecule has 1 atom stereocenters. The molecular weight excluding hydrogens is 140 g/mol. The minimum atomic E-state index is -0.308. The van der Waals surface area contributed by atoms with Gasteiger partial charge < -0.3 is 10.6 Å². The van der Waals surface area contributed by atoms with Crippen molar-refractivity contribution in [2.45, 2.75) is 6.42 Å². The summed E-state index contributed by atoms with van der Waals surface area (Å²) in [7, 11) is 0. The van der Waals surface area contributed by atoms with E-state index in [1.165, 1.54) is 0 Å². The Kier molecular flexibility index (Phi) is 2.94. The first kappa shape index (κ1) is 8.09. The molecule has 1 amide bonds. The van der Waals surface area contributed by atoms with Crippen molar-refractivity contribution in [2.75, 3.05) is 19.6 Å². The van der Waals surface area contributed by atoms with Crippen LogP contribution in [0.4, 0.5) is 0 Å². The van der Waals surface area contributed by atoms with Crippen molar-refractivity contribution in [3.8, 4) is 12.3 Å². The predicted molar refractivity (Wildman–Crippen MR) is 42.8 cm³/mol. The number of hydrogen-bond donors (Lipinski definition) is 2. The Hall–Kier alpha value is -1.01. The van der Waals surface area contributed by atoms with Gasteiger partial charge in [-0.2, -0.15) is 0 Å². The Bertz CT molecular complexity index is 177. The second-order valence-corrected chi connectivity index (χ2v) is 2.71. The summed E-state index contributed by atoms with van der Waals surface area (Å²) in [6.45, 7) is 2.75. The third-order valence-corrected chi connectivity index (χ3v) is 1.84. The Morgan fingerprint density at radius 1 is 1.82 bits per heavy atom. The van der Waals surface area contributed by atoms with E-state index in [4.69, 9.17) is 6.42 Å². The van der Waals surface area contributed by atoms with Gasteiger partial charge in [0.05, 0.1) is 0 Å². The fraction of sp³-hybridized carbons (Fsp3) is 0.625. The van der Waals surface area contributed by atoms with Crippen LogP contribution in [0.3, 0.4) is 0 Å². The molecule has 1 aliphatic rings. The molecule has 0 aromatic carbocycles. The molecule has 0 radical (unpaired) electrons. The summed E-state index contributed by atoms with van der Waals surface area (Å²) >= 11 is 0. The zero-order chi connectivity index (χ0) is 8.10. The molecule has 11 heavy (non-hydrogen) atoms. The van der Waals surface area contributed by atoms with Gasteiger partial charge in [0.15, 0.2) is 0 Å². The first-order valence-electron chi connectivity index (χ1n) is 3.78. The molecule has 60 valence electrons. The summed E-state index contributed by atoms with van der Waals surface area (Å²) < 4.78 is 0. The Labute approximate surface area is 66.5 Å². The van der Waals surface area contributed by atoms with Crippen molar-refractivity contribution >= 4 is 5.91 Å². The van der Waals surface area contributed by atoms with Crippen LogP contribution in [0.15, 0.2) is 0 Å². The van der Waals surface area contributed by atoms with Crippen LogP contribution in [0, 0.1) is 18.3 Å². The van der Waals surface area contributed by atoms with Crippen LogP contribution in [0.25, 0.3) is 0 Å². The van der Waals surface area contributed by atoms with Gasteiger partial charge in [0.2, 0.25) is 0 Å². The van der Waals surface area contributed by atoms with Crippen molar-refractivity contribution < 1.29 is 4.79 Å². The molecule has 3 heteroatoms. The lowest BCUT2D eigenvalue weighted by Gasteiger charge is -2.06. The second-order valence-electron chi connectivity index (χ2n) is 2.71. The number of carbonyl (C=O) groups excluding carboxylic acids is 1. The molecule has 1 aliphatic heterocycles. The number of amides is 1. The van der Waals surface area contributed by atoms with Crippen LogP contribution in [0.5, 0.6) is 0 Å². The lowest BCUT2D eigenvalue weighted by atomic mass is 10.1. The van der Waals surface area contributed by atoms with Crippen LogP contribution in [-0.2, 0) is 4.79 Å². The summed E-state index contributed by atoms with van der Waals surface area (Å²) in [5.74, 6) is 2.27. The van der Waals surface area contributed by atoms with E-state index in [-0.39, 0.29) is 5.91 Å². The zero-order valence-electron chi connectivity index (χ0n) is 6.39. The van der Waals surface area contributed by atoms with E-state index in [0.717, 1.165) is 19.5 Å². The van der Waals surface area contributed by atoms with Gasteiger partial charge in [0.1, 0.15) is 0 Å². The molecule has 2 N–H and O–H groups in total. The van der Waals surface area contributed by atoms with Crippen LogP contribution in [0.2, 0.25) is 0 Å². The minimum Gasteiger partial charge on any atom is -0.345 e. The predicted octanol–water partition coefficient (Wildman–Crippen LogP) is -0.655. The van der Waals surface area contributed by atoms with Crippen LogP contribution in [-0.4, -0.2) is 25.5 Å². The van der Waals surface area contributed by atoms with E-state index < -0.39 is 0 Å². The van der Waals surface area contributed by atoms with E-state index in [1.807, 2.05) is 5.92 Å². The minimum absolute atomic E-state index is 0.308. The monoisotopic (exact) mass is 152 g/mol. The molecule has 1 unspecified atom stereocenters. The topological polar surface area (TPSA) is 41.1 Å². The van der Waals surface area contributed by atoms with Crippen LogP contribution < -0.4 is 10.6 Å². The molecule has 3 nitrogen and oxygen atoms in total. The van der Waals surface area contributed by atoms with Gasteiger partial charge in [0.25, 0.3) is 5.91 Å². The zero-order valence-corrected chi connectivity index (χ0v) is 6.39. The molecule has 0 aliphatic carbocycles. The van der Waals surface area contributed by atoms with Gasteiger partial charge in [-0.15, -0.1) is 6.42 Å². The van der Waals surface area contributed by atoms with E-state index in [1.54, 1.807) is 0 Å². The number of nitrogens with one attached hydrogen (secondary N) is 2. The molecule has 1 fully saturated rings. The lowest BCUT2D eigenvalue weighted by Crippen LogP contribution is -2.28.